The number of aryl methyl sites for hydroxylation is 1. The molecule has 1 amide bonds. The van der Waals surface area contributed by atoms with Crippen molar-refractivity contribution in [2.45, 2.75) is 24.2 Å². The van der Waals surface area contributed by atoms with E-state index in [2.05, 4.69) is 5.32 Å². The molecule has 0 radical (unpaired) electrons. The first-order valence-electron chi connectivity index (χ1n) is 10.2. The Balaban J connectivity index is 1.55. The highest BCUT2D eigenvalue weighted by Gasteiger charge is 2.29. The van der Waals surface area contributed by atoms with E-state index in [-0.39, 0.29) is 17.2 Å². The van der Waals surface area contributed by atoms with Gasteiger partial charge in [0, 0.05) is 12.2 Å². The Kier molecular flexibility index (Phi) is 6.14. The zero-order valence-electron chi connectivity index (χ0n) is 17.5. The second-order valence-corrected chi connectivity index (χ2v) is 9.41. The summed E-state index contributed by atoms with van der Waals surface area (Å²) in [6.07, 6.45) is 1.60. The SMILES string of the molecule is COc1ccc(CC(=O)Nc2ccc3c(c2)N(S(=O)(=O)c2ccc(F)cc2)CCC3)cc1. The maximum atomic E-state index is 13.3. The van der Waals surface area contributed by atoms with Gasteiger partial charge in [-0.25, -0.2) is 12.8 Å². The molecule has 1 aliphatic heterocycles. The van der Waals surface area contributed by atoms with Gasteiger partial charge in [-0.3, -0.25) is 9.10 Å². The van der Waals surface area contributed by atoms with Gasteiger partial charge in [-0.1, -0.05) is 18.2 Å². The number of nitrogens with one attached hydrogen (secondary N) is 1. The molecular weight excluding hydrogens is 431 g/mol. The number of amides is 1. The average molecular weight is 455 g/mol. The fraction of sp³-hybridized carbons (Fsp3) is 0.208. The number of fused-ring (bicyclic) bond motifs is 1. The highest BCUT2D eigenvalue weighted by atomic mass is 32.2. The summed E-state index contributed by atoms with van der Waals surface area (Å²) in [7, 11) is -2.27. The van der Waals surface area contributed by atoms with Gasteiger partial charge < -0.3 is 10.1 Å². The molecule has 0 bridgehead atoms. The van der Waals surface area contributed by atoms with Crippen molar-refractivity contribution in [3.05, 3.63) is 83.7 Å². The van der Waals surface area contributed by atoms with Crippen molar-refractivity contribution in [1.29, 1.82) is 0 Å². The Morgan fingerprint density at radius 1 is 1.06 bits per heavy atom. The van der Waals surface area contributed by atoms with Crippen molar-refractivity contribution in [3.63, 3.8) is 0 Å². The lowest BCUT2D eigenvalue weighted by atomic mass is 10.0. The van der Waals surface area contributed by atoms with Crippen LogP contribution in [-0.2, 0) is 27.7 Å². The van der Waals surface area contributed by atoms with E-state index in [9.17, 15) is 17.6 Å². The predicted octanol–water partition coefficient (Wildman–Crippen LogP) is 4.16. The van der Waals surface area contributed by atoms with Crippen molar-refractivity contribution < 1.29 is 22.3 Å². The number of nitrogens with zero attached hydrogens (tertiary/aromatic N) is 1. The van der Waals surface area contributed by atoms with Crippen molar-refractivity contribution in [2.75, 3.05) is 23.3 Å². The maximum Gasteiger partial charge on any atom is 0.264 e. The van der Waals surface area contributed by atoms with Crippen LogP contribution in [0.4, 0.5) is 15.8 Å². The zero-order valence-corrected chi connectivity index (χ0v) is 18.4. The van der Waals surface area contributed by atoms with E-state index in [1.807, 2.05) is 18.2 Å². The summed E-state index contributed by atoms with van der Waals surface area (Å²) >= 11 is 0. The van der Waals surface area contributed by atoms with Gasteiger partial charge in [-0.2, -0.15) is 0 Å². The number of ether oxygens (including phenoxy) is 1. The van der Waals surface area contributed by atoms with E-state index in [0.29, 0.717) is 30.1 Å². The molecule has 3 aromatic rings. The molecule has 1 N–H and O–H groups in total. The number of carbonyl (C=O) groups is 1. The van der Waals surface area contributed by atoms with Crippen LogP contribution in [0, 0.1) is 5.82 Å². The summed E-state index contributed by atoms with van der Waals surface area (Å²) < 4.78 is 46.1. The van der Waals surface area contributed by atoms with E-state index >= 15 is 0 Å². The zero-order chi connectivity index (χ0) is 22.7. The number of benzene rings is 3. The molecule has 0 fully saturated rings. The van der Waals surface area contributed by atoms with Gasteiger partial charge in [0.1, 0.15) is 11.6 Å². The van der Waals surface area contributed by atoms with E-state index in [1.165, 1.54) is 16.4 Å². The molecule has 0 saturated carbocycles. The first kappa shape index (κ1) is 21.8. The lowest BCUT2D eigenvalue weighted by molar-refractivity contribution is -0.115. The van der Waals surface area contributed by atoms with E-state index in [0.717, 1.165) is 29.7 Å². The smallest absolute Gasteiger partial charge is 0.264 e. The van der Waals surface area contributed by atoms with Crippen molar-refractivity contribution >= 4 is 27.3 Å². The van der Waals surface area contributed by atoms with Gasteiger partial charge in [0.05, 0.1) is 24.1 Å². The monoisotopic (exact) mass is 454 g/mol. The Morgan fingerprint density at radius 3 is 2.47 bits per heavy atom. The minimum Gasteiger partial charge on any atom is -0.497 e. The van der Waals surface area contributed by atoms with Crippen LogP contribution in [0.3, 0.4) is 0 Å². The Bertz CT molecular complexity index is 1230. The van der Waals surface area contributed by atoms with Gasteiger partial charge in [-0.15, -0.1) is 0 Å². The van der Waals surface area contributed by atoms with Crippen LogP contribution in [0.25, 0.3) is 0 Å². The molecule has 0 aromatic heterocycles. The minimum atomic E-state index is -3.85. The van der Waals surface area contributed by atoms with Crippen LogP contribution < -0.4 is 14.4 Å². The van der Waals surface area contributed by atoms with Crippen LogP contribution in [0.5, 0.6) is 5.75 Å². The van der Waals surface area contributed by atoms with Crippen LogP contribution in [0.1, 0.15) is 17.5 Å². The van der Waals surface area contributed by atoms with Crippen LogP contribution in [-0.4, -0.2) is 28.0 Å². The number of hydrogen-bond donors (Lipinski definition) is 1. The molecule has 1 heterocycles. The third kappa shape index (κ3) is 4.60. The molecule has 166 valence electrons. The summed E-state index contributed by atoms with van der Waals surface area (Å²) in [4.78, 5) is 12.6. The van der Waals surface area contributed by atoms with Gasteiger partial charge >= 0.3 is 0 Å². The van der Waals surface area contributed by atoms with Gasteiger partial charge in [0.15, 0.2) is 0 Å². The topological polar surface area (TPSA) is 75.7 Å². The molecule has 3 aromatic carbocycles. The Hall–Kier alpha value is -3.39. The van der Waals surface area contributed by atoms with Crippen molar-refractivity contribution in [1.82, 2.24) is 0 Å². The van der Waals surface area contributed by atoms with Crippen molar-refractivity contribution in [3.8, 4) is 5.75 Å². The first-order chi connectivity index (χ1) is 15.4. The summed E-state index contributed by atoms with van der Waals surface area (Å²) in [6.45, 7) is 0.315. The first-order valence-corrected chi connectivity index (χ1v) is 11.6. The third-order valence-corrected chi connectivity index (χ3v) is 7.20. The van der Waals surface area contributed by atoms with E-state index in [1.54, 1.807) is 31.4 Å². The van der Waals surface area contributed by atoms with Crippen LogP contribution in [0.15, 0.2) is 71.6 Å². The number of sulfonamides is 1. The number of halogens is 1. The summed E-state index contributed by atoms with van der Waals surface area (Å²) in [6, 6.07) is 17.3. The number of anilines is 2. The second-order valence-electron chi connectivity index (χ2n) is 7.55. The molecule has 0 atom stereocenters. The minimum absolute atomic E-state index is 0.0284. The van der Waals surface area contributed by atoms with Crippen LogP contribution >= 0.6 is 0 Å². The lowest BCUT2D eigenvalue weighted by Crippen LogP contribution is -2.35. The van der Waals surface area contributed by atoms with Gasteiger partial charge in [-0.05, 0) is 72.5 Å². The molecule has 6 nitrogen and oxygen atoms in total. The molecule has 8 heteroatoms. The molecule has 0 spiro atoms. The Labute approximate surface area is 186 Å². The lowest BCUT2D eigenvalue weighted by Gasteiger charge is -2.31. The Morgan fingerprint density at radius 2 is 1.78 bits per heavy atom. The largest absolute Gasteiger partial charge is 0.497 e. The molecule has 4 rings (SSSR count). The van der Waals surface area contributed by atoms with Crippen LogP contribution in [0.2, 0.25) is 0 Å². The third-order valence-electron chi connectivity index (χ3n) is 5.37. The highest BCUT2D eigenvalue weighted by Crippen LogP contribution is 2.34. The number of carbonyl (C=O) groups excluding carboxylic acids is 1. The normalized spacial score (nSPS) is 13.4. The summed E-state index contributed by atoms with van der Waals surface area (Å²) in [5.41, 5.74) is 2.77. The maximum absolute atomic E-state index is 13.3. The second kappa shape index (κ2) is 9.00. The molecule has 0 saturated heterocycles. The van der Waals surface area contributed by atoms with Gasteiger partial charge in [0.25, 0.3) is 10.0 Å². The number of methoxy groups -OCH3 is 1. The number of hydrogen-bond acceptors (Lipinski definition) is 4. The highest BCUT2D eigenvalue weighted by molar-refractivity contribution is 7.92. The van der Waals surface area contributed by atoms with E-state index < -0.39 is 15.8 Å². The summed E-state index contributed by atoms with van der Waals surface area (Å²) in [5.74, 6) is 0.00928. The molecule has 0 aliphatic carbocycles. The van der Waals surface area contributed by atoms with Gasteiger partial charge in [0.2, 0.25) is 5.91 Å². The fourth-order valence-corrected chi connectivity index (χ4v) is 5.27. The number of rotatable bonds is 6. The molecule has 0 unspecified atom stereocenters. The average Bonchev–Trinajstić information content (AvgIpc) is 2.79. The summed E-state index contributed by atoms with van der Waals surface area (Å²) in [5, 5.41) is 2.85. The fourth-order valence-electron chi connectivity index (χ4n) is 3.74. The molecular formula is C24H23FN2O4S. The molecule has 1 aliphatic rings. The quantitative estimate of drug-likeness (QED) is 0.607. The predicted molar refractivity (Wildman–Crippen MR) is 121 cm³/mol. The molecule has 32 heavy (non-hydrogen) atoms. The van der Waals surface area contributed by atoms with E-state index in [4.69, 9.17) is 4.74 Å². The van der Waals surface area contributed by atoms with Crippen molar-refractivity contribution in [2.24, 2.45) is 0 Å². The standard InChI is InChI=1S/C24H23FN2O4S/c1-31-21-10-4-17(5-11-21)15-24(28)26-20-9-6-18-3-2-14-27(23(18)16-20)32(29,30)22-12-7-19(25)8-13-22/h4-13,16H,2-3,14-15H2,1H3,(H,26,28).